The van der Waals surface area contributed by atoms with Crippen molar-refractivity contribution in [3.05, 3.63) is 46.8 Å². The van der Waals surface area contributed by atoms with Gasteiger partial charge in [0.25, 0.3) is 0 Å². The van der Waals surface area contributed by atoms with Crippen LogP contribution in [-0.4, -0.2) is 39.3 Å². The highest BCUT2D eigenvalue weighted by atomic mass is 16.5. The quantitative estimate of drug-likeness (QED) is 0.812. The molecule has 1 N–H and O–H groups in total. The topological polar surface area (TPSA) is 77.2 Å². The molecule has 0 aliphatic carbocycles. The zero-order valence-corrected chi connectivity index (χ0v) is 12.2. The highest BCUT2D eigenvalue weighted by Crippen LogP contribution is 2.15. The van der Waals surface area contributed by atoms with Crippen molar-refractivity contribution in [1.29, 1.82) is 0 Å². The Morgan fingerprint density at radius 1 is 1.43 bits per heavy atom. The molecule has 0 saturated carbocycles. The molecule has 0 amide bonds. The number of aryl methyl sites for hydroxylation is 1. The van der Waals surface area contributed by atoms with Gasteiger partial charge in [-0.05, 0) is 19.4 Å². The fraction of sp³-hybridized carbons (Fsp3) is 0.400. The molecule has 112 valence electrons. The summed E-state index contributed by atoms with van der Waals surface area (Å²) in [5.74, 6) is -0.482. The van der Waals surface area contributed by atoms with E-state index in [0.717, 1.165) is 11.1 Å². The van der Waals surface area contributed by atoms with Crippen LogP contribution in [0.1, 0.15) is 34.2 Å². The van der Waals surface area contributed by atoms with Gasteiger partial charge in [-0.25, -0.2) is 9.48 Å². The van der Waals surface area contributed by atoms with E-state index in [0.29, 0.717) is 18.7 Å². The molecule has 1 aromatic heterocycles. The molecule has 0 unspecified atom stereocenters. The first-order valence-corrected chi connectivity index (χ1v) is 6.91. The van der Waals surface area contributed by atoms with Crippen molar-refractivity contribution in [2.24, 2.45) is 0 Å². The molecule has 0 saturated heterocycles. The zero-order chi connectivity index (χ0) is 15.2. The molecule has 1 heterocycles. The van der Waals surface area contributed by atoms with Crippen LogP contribution in [0, 0.1) is 6.92 Å². The SMILES string of the molecule is CCOC(=O)c1nnn(CCO)c1Cc1cccc(C)c1. The monoisotopic (exact) mass is 289 g/mol. The molecule has 2 rings (SSSR count). The second kappa shape index (κ2) is 6.99. The first-order chi connectivity index (χ1) is 10.2. The lowest BCUT2D eigenvalue weighted by Gasteiger charge is -2.07. The molecule has 0 aliphatic rings. The number of hydrogen-bond donors (Lipinski definition) is 1. The average molecular weight is 289 g/mol. The highest BCUT2D eigenvalue weighted by molar-refractivity contribution is 5.88. The molecule has 0 fully saturated rings. The lowest BCUT2D eigenvalue weighted by atomic mass is 10.1. The van der Waals surface area contributed by atoms with E-state index >= 15 is 0 Å². The standard InChI is InChI=1S/C15H19N3O3/c1-3-21-15(20)14-13(18(7-8-19)17-16-14)10-12-6-4-5-11(2)9-12/h4-6,9,19H,3,7-8,10H2,1-2H3. The summed E-state index contributed by atoms with van der Waals surface area (Å²) < 4.78 is 6.55. The fourth-order valence-corrected chi connectivity index (χ4v) is 2.16. The molecular formula is C15H19N3O3. The van der Waals surface area contributed by atoms with Crippen LogP contribution >= 0.6 is 0 Å². The number of rotatable bonds is 6. The Morgan fingerprint density at radius 2 is 2.24 bits per heavy atom. The van der Waals surface area contributed by atoms with Gasteiger partial charge in [0.1, 0.15) is 0 Å². The number of hydrogen-bond acceptors (Lipinski definition) is 5. The van der Waals surface area contributed by atoms with E-state index < -0.39 is 5.97 Å². The fourth-order valence-electron chi connectivity index (χ4n) is 2.16. The van der Waals surface area contributed by atoms with Crippen molar-refractivity contribution in [2.45, 2.75) is 26.8 Å². The molecule has 6 heteroatoms. The number of benzene rings is 1. The van der Waals surface area contributed by atoms with Gasteiger partial charge >= 0.3 is 5.97 Å². The first kappa shape index (κ1) is 15.2. The van der Waals surface area contributed by atoms with Gasteiger partial charge < -0.3 is 9.84 Å². The number of carbonyl (C=O) groups excluding carboxylic acids is 1. The number of nitrogens with zero attached hydrogens (tertiary/aromatic N) is 3. The van der Waals surface area contributed by atoms with Crippen LogP contribution in [0.15, 0.2) is 24.3 Å². The summed E-state index contributed by atoms with van der Waals surface area (Å²) in [5.41, 5.74) is 3.08. The Labute approximate surface area is 123 Å². The number of carbonyl (C=O) groups is 1. The van der Waals surface area contributed by atoms with Crippen molar-refractivity contribution in [1.82, 2.24) is 15.0 Å². The smallest absolute Gasteiger partial charge is 0.360 e. The van der Waals surface area contributed by atoms with E-state index in [1.54, 1.807) is 11.6 Å². The van der Waals surface area contributed by atoms with Crippen molar-refractivity contribution in [3.8, 4) is 0 Å². The van der Waals surface area contributed by atoms with Gasteiger partial charge in [-0.3, -0.25) is 0 Å². The largest absolute Gasteiger partial charge is 0.461 e. The minimum absolute atomic E-state index is 0.0631. The predicted octanol–water partition coefficient (Wildman–Crippen LogP) is 1.35. The number of aromatic nitrogens is 3. The van der Waals surface area contributed by atoms with E-state index in [4.69, 9.17) is 9.84 Å². The van der Waals surface area contributed by atoms with Crippen LogP contribution in [0.25, 0.3) is 0 Å². The molecule has 0 spiro atoms. The maximum Gasteiger partial charge on any atom is 0.360 e. The summed E-state index contributed by atoms with van der Waals surface area (Å²) in [6, 6.07) is 8.01. The average Bonchev–Trinajstić information content (AvgIpc) is 2.83. The molecule has 0 radical (unpaired) electrons. The maximum absolute atomic E-state index is 11.9. The lowest BCUT2D eigenvalue weighted by molar-refractivity contribution is 0.0518. The van der Waals surface area contributed by atoms with Gasteiger partial charge in [-0.2, -0.15) is 0 Å². The van der Waals surface area contributed by atoms with E-state index in [-0.39, 0.29) is 18.9 Å². The van der Waals surface area contributed by atoms with Crippen LogP contribution in [0.2, 0.25) is 0 Å². The first-order valence-electron chi connectivity index (χ1n) is 6.91. The van der Waals surface area contributed by atoms with Crippen LogP contribution in [0.4, 0.5) is 0 Å². The van der Waals surface area contributed by atoms with Crippen molar-refractivity contribution in [2.75, 3.05) is 13.2 Å². The third-order valence-corrected chi connectivity index (χ3v) is 3.07. The molecule has 21 heavy (non-hydrogen) atoms. The molecule has 0 bridgehead atoms. The van der Waals surface area contributed by atoms with Crippen LogP contribution < -0.4 is 0 Å². The summed E-state index contributed by atoms with van der Waals surface area (Å²) in [7, 11) is 0. The summed E-state index contributed by atoms with van der Waals surface area (Å²) in [4.78, 5) is 11.9. The Balaban J connectivity index is 2.34. The van der Waals surface area contributed by atoms with E-state index in [2.05, 4.69) is 10.3 Å². The summed E-state index contributed by atoms with van der Waals surface area (Å²) in [6.45, 7) is 4.28. The summed E-state index contributed by atoms with van der Waals surface area (Å²) >= 11 is 0. The van der Waals surface area contributed by atoms with Gasteiger partial charge in [0, 0.05) is 6.42 Å². The molecular weight excluding hydrogens is 270 g/mol. The molecule has 0 aliphatic heterocycles. The van der Waals surface area contributed by atoms with Gasteiger partial charge in [0.05, 0.1) is 25.5 Å². The van der Waals surface area contributed by atoms with Gasteiger partial charge in [-0.1, -0.05) is 35.0 Å². The van der Waals surface area contributed by atoms with Gasteiger partial charge in [0.15, 0.2) is 5.69 Å². The second-order valence-corrected chi connectivity index (χ2v) is 4.72. The number of aliphatic hydroxyl groups is 1. The van der Waals surface area contributed by atoms with Gasteiger partial charge in [0.2, 0.25) is 0 Å². The minimum atomic E-state index is -0.482. The molecule has 2 aromatic rings. The lowest BCUT2D eigenvalue weighted by Crippen LogP contribution is -2.13. The highest BCUT2D eigenvalue weighted by Gasteiger charge is 2.20. The number of aliphatic hydroxyl groups excluding tert-OH is 1. The number of ether oxygens (including phenoxy) is 1. The molecule has 6 nitrogen and oxygen atoms in total. The Kier molecular flexibility index (Phi) is 5.05. The minimum Gasteiger partial charge on any atom is -0.461 e. The van der Waals surface area contributed by atoms with Crippen LogP contribution in [0.5, 0.6) is 0 Å². The van der Waals surface area contributed by atoms with E-state index in [9.17, 15) is 4.79 Å². The van der Waals surface area contributed by atoms with Gasteiger partial charge in [-0.15, -0.1) is 5.10 Å². The van der Waals surface area contributed by atoms with Crippen LogP contribution in [-0.2, 0) is 17.7 Å². The summed E-state index contributed by atoms with van der Waals surface area (Å²) in [6.07, 6.45) is 0.517. The number of esters is 1. The third kappa shape index (κ3) is 3.66. The van der Waals surface area contributed by atoms with Crippen LogP contribution in [0.3, 0.4) is 0 Å². The van der Waals surface area contributed by atoms with Crippen molar-refractivity contribution >= 4 is 5.97 Å². The Morgan fingerprint density at radius 3 is 2.90 bits per heavy atom. The normalized spacial score (nSPS) is 10.6. The second-order valence-electron chi connectivity index (χ2n) is 4.72. The van der Waals surface area contributed by atoms with E-state index in [1.807, 2.05) is 31.2 Å². The van der Waals surface area contributed by atoms with E-state index in [1.165, 1.54) is 0 Å². The summed E-state index contributed by atoms with van der Waals surface area (Å²) in [5, 5.41) is 16.9. The van der Waals surface area contributed by atoms with Crippen molar-refractivity contribution in [3.63, 3.8) is 0 Å². The maximum atomic E-state index is 11.9. The Hall–Kier alpha value is -2.21. The predicted molar refractivity (Wildman–Crippen MR) is 77.0 cm³/mol. The molecule has 0 atom stereocenters. The zero-order valence-electron chi connectivity index (χ0n) is 12.2. The third-order valence-electron chi connectivity index (χ3n) is 3.07. The van der Waals surface area contributed by atoms with Crippen molar-refractivity contribution < 1.29 is 14.6 Å². The molecule has 1 aromatic carbocycles. The Bertz CT molecular complexity index is 622.